The van der Waals surface area contributed by atoms with Crippen molar-refractivity contribution >= 4 is 33.8 Å². The van der Waals surface area contributed by atoms with E-state index < -0.39 is 11.7 Å². The molecular formula is C21H21BrFN3O2. The van der Waals surface area contributed by atoms with E-state index in [0.717, 1.165) is 13.1 Å². The predicted octanol–water partition coefficient (Wildman–Crippen LogP) is 3.13. The number of nitrogens with one attached hydrogen (secondary N) is 1. The number of piperazine rings is 1. The number of likely N-dealkylation sites (N-methyl/N-ethyl adjacent to an activating group) is 1. The van der Waals surface area contributed by atoms with Crippen LogP contribution in [0.4, 0.5) is 4.39 Å². The van der Waals surface area contributed by atoms with Gasteiger partial charge in [-0.15, -0.1) is 0 Å². The lowest BCUT2D eigenvalue weighted by molar-refractivity contribution is -0.128. The molecule has 0 unspecified atom stereocenters. The molecule has 0 spiro atoms. The van der Waals surface area contributed by atoms with Crippen LogP contribution in [0.15, 0.2) is 58.7 Å². The fourth-order valence-electron chi connectivity index (χ4n) is 2.93. The second kappa shape index (κ2) is 9.12. The summed E-state index contributed by atoms with van der Waals surface area (Å²) in [5.74, 6) is -1.09. The number of halogens is 2. The Balaban J connectivity index is 1.89. The number of hydrogen-bond acceptors (Lipinski definition) is 3. The van der Waals surface area contributed by atoms with E-state index in [2.05, 4.69) is 26.1 Å². The van der Waals surface area contributed by atoms with Crippen molar-refractivity contribution in [3.8, 4) is 0 Å². The van der Waals surface area contributed by atoms with E-state index in [-0.39, 0.29) is 11.6 Å². The molecule has 1 heterocycles. The topological polar surface area (TPSA) is 52.6 Å². The molecule has 3 rings (SSSR count). The molecule has 7 heteroatoms. The van der Waals surface area contributed by atoms with Crippen molar-refractivity contribution in [3.63, 3.8) is 0 Å². The smallest absolute Gasteiger partial charge is 0.270 e. The highest BCUT2D eigenvalue weighted by molar-refractivity contribution is 9.10. The summed E-state index contributed by atoms with van der Waals surface area (Å²) in [5.41, 5.74) is 1.04. The first kappa shape index (κ1) is 20.2. The molecule has 1 fully saturated rings. The number of amides is 2. The van der Waals surface area contributed by atoms with Crippen molar-refractivity contribution in [2.75, 3.05) is 33.2 Å². The molecule has 0 aliphatic carbocycles. The summed E-state index contributed by atoms with van der Waals surface area (Å²) < 4.78 is 14.2. The van der Waals surface area contributed by atoms with Gasteiger partial charge in [0.05, 0.1) is 5.56 Å². The third-order valence-electron chi connectivity index (χ3n) is 4.55. The van der Waals surface area contributed by atoms with E-state index in [9.17, 15) is 14.0 Å². The first-order valence-electron chi connectivity index (χ1n) is 8.95. The van der Waals surface area contributed by atoms with Crippen molar-refractivity contribution in [2.24, 2.45) is 0 Å². The van der Waals surface area contributed by atoms with Crippen LogP contribution in [0.5, 0.6) is 0 Å². The molecule has 1 aliphatic heterocycles. The van der Waals surface area contributed by atoms with Gasteiger partial charge in [-0.25, -0.2) is 4.39 Å². The van der Waals surface area contributed by atoms with E-state index >= 15 is 0 Å². The highest BCUT2D eigenvalue weighted by Crippen LogP contribution is 2.17. The standard InChI is InChI=1S/C21H21BrFN3O2/c1-25-9-11-26(12-10-25)21(28)19(14-15-5-4-6-16(23)13-15)24-20(27)17-7-2-3-8-18(17)22/h2-8,13-14H,9-12H2,1H3,(H,24,27)/b19-14+. The van der Waals surface area contributed by atoms with Crippen LogP contribution in [0.1, 0.15) is 15.9 Å². The highest BCUT2D eigenvalue weighted by atomic mass is 79.9. The van der Waals surface area contributed by atoms with Gasteiger partial charge in [0, 0.05) is 30.7 Å². The Bertz CT molecular complexity index is 908. The largest absolute Gasteiger partial charge is 0.335 e. The summed E-state index contributed by atoms with van der Waals surface area (Å²) in [7, 11) is 2.00. The molecule has 0 aromatic heterocycles. The Hall–Kier alpha value is -2.51. The van der Waals surface area contributed by atoms with Crippen LogP contribution in [0.2, 0.25) is 0 Å². The number of rotatable bonds is 4. The number of benzene rings is 2. The molecule has 1 aliphatic rings. The Morgan fingerprint density at radius 1 is 1.07 bits per heavy atom. The Labute approximate surface area is 172 Å². The molecule has 0 atom stereocenters. The molecule has 0 saturated carbocycles. The van der Waals surface area contributed by atoms with Crippen molar-refractivity contribution in [2.45, 2.75) is 0 Å². The zero-order chi connectivity index (χ0) is 20.1. The van der Waals surface area contributed by atoms with Crippen LogP contribution in [0.25, 0.3) is 6.08 Å². The zero-order valence-electron chi connectivity index (χ0n) is 15.5. The van der Waals surface area contributed by atoms with Gasteiger partial charge >= 0.3 is 0 Å². The maximum atomic E-state index is 13.6. The zero-order valence-corrected chi connectivity index (χ0v) is 17.1. The van der Waals surface area contributed by atoms with Crippen LogP contribution in [-0.4, -0.2) is 54.8 Å². The second-order valence-electron chi connectivity index (χ2n) is 6.64. The molecule has 0 radical (unpaired) electrons. The molecule has 1 N–H and O–H groups in total. The van der Waals surface area contributed by atoms with Gasteiger partial charge < -0.3 is 15.1 Å². The summed E-state index contributed by atoms with van der Waals surface area (Å²) >= 11 is 3.35. The maximum Gasteiger partial charge on any atom is 0.270 e. The quantitative estimate of drug-likeness (QED) is 0.735. The first-order valence-corrected chi connectivity index (χ1v) is 9.74. The summed E-state index contributed by atoms with van der Waals surface area (Å²) in [4.78, 5) is 29.6. The molecule has 5 nitrogen and oxygen atoms in total. The molecule has 1 saturated heterocycles. The van der Waals surface area contributed by atoms with Gasteiger partial charge in [0.1, 0.15) is 11.5 Å². The molecule has 2 aromatic rings. The van der Waals surface area contributed by atoms with Gasteiger partial charge in [0.15, 0.2) is 0 Å². The lowest BCUT2D eigenvalue weighted by Gasteiger charge is -2.33. The fourth-order valence-corrected chi connectivity index (χ4v) is 3.39. The molecular weight excluding hydrogens is 425 g/mol. The molecule has 28 heavy (non-hydrogen) atoms. The van der Waals surface area contributed by atoms with E-state index in [1.807, 2.05) is 7.05 Å². The molecule has 146 valence electrons. The summed E-state index contributed by atoms with van der Waals surface area (Å²) in [5, 5.41) is 2.72. The lowest BCUT2D eigenvalue weighted by Crippen LogP contribution is -2.49. The maximum absolute atomic E-state index is 13.6. The third kappa shape index (κ3) is 5.05. The minimum atomic E-state index is -0.405. The average molecular weight is 446 g/mol. The second-order valence-corrected chi connectivity index (χ2v) is 7.50. The number of carbonyl (C=O) groups is 2. The summed E-state index contributed by atoms with van der Waals surface area (Å²) in [6, 6.07) is 12.9. The summed E-state index contributed by atoms with van der Waals surface area (Å²) in [6.45, 7) is 2.66. The molecule has 0 bridgehead atoms. The van der Waals surface area contributed by atoms with Gasteiger partial charge in [0.25, 0.3) is 11.8 Å². The first-order chi connectivity index (χ1) is 13.4. The number of nitrogens with zero attached hydrogens (tertiary/aromatic N) is 2. The number of hydrogen-bond donors (Lipinski definition) is 1. The highest BCUT2D eigenvalue weighted by Gasteiger charge is 2.24. The minimum absolute atomic E-state index is 0.121. The van der Waals surface area contributed by atoms with E-state index in [0.29, 0.717) is 28.7 Å². The van der Waals surface area contributed by atoms with Crippen LogP contribution in [0.3, 0.4) is 0 Å². The van der Waals surface area contributed by atoms with Gasteiger partial charge in [-0.3, -0.25) is 9.59 Å². The average Bonchev–Trinajstić information content (AvgIpc) is 2.68. The summed E-state index contributed by atoms with van der Waals surface area (Å²) in [6.07, 6.45) is 1.51. The van der Waals surface area contributed by atoms with Crippen LogP contribution >= 0.6 is 15.9 Å². The predicted molar refractivity (Wildman–Crippen MR) is 110 cm³/mol. The molecule has 2 amide bonds. The van der Waals surface area contributed by atoms with E-state index in [4.69, 9.17) is 0 Å². The van der Waals surface area contributed by atoms with Gasteiger partial charge in [-0.1, -0.05) is 24.3 Å². The third-order valence-corrected chi connectivity index (χ3v) is 5.24. The monoisotopic (exact) mass is 445 g/mol. The fraction of sp³-hybridized carbons (Fsp3) is 0.238. The van der Waals surface area contributed by atoms with Gasteiger partial charge in [-0.05, 0) is 58.9 Å². The van der Waals surface area contributed by atoms with Crippen molar-refractivity contribution in [1.29, 1.82) is 0 Å². The minimum Gasteiger partial charge on any atom is -0.335 e. The van der Waals surface area contributed by atoms with Crippen LogP contribution in [-0.2, 0) is 4.79 Å². The Kier molecular flexibility index (Phi) is 6.59. The molecule has 2 aromatic carbocycles. The Morgan fingerprint density at radius 2 is 1.79 bits per heavy atom. The van der Waals surface area contributed by atoms with Gasteiger partial charge in [0.2, 0.25) is 0 Å². The Morgan fingerprint density at radius 3 is 2.46 bits per heavy atom. The van der Waals surface area contributed by atoms with Gasteiger partial charge in [-0.2, -0.15) is 0 Å². The van der Waals surface area contributed by atoms with Crippen LogP contribution < -0.4 is 5.32 Å². The number of carbonyl (C=O) groups excluding carboxylic acids is 2. The SMILES string of the molecule is CN1CCN(C(=O)/C(=C\c2cccc(F)c2)NC(=O)c2ccccc2Br)CC1. The van der Waals surface area contributed by atoms with Crippen molar-refractivity contribution < 1.29 is 14.0 Å². The normalized spacial score (nSPS) is 15.4. The van der Waals surface area contributed by atoms with E-state index in [1.165, 1.54) is 18.2 Å². The van der Waals surface area contributed by atoms with E-state index in [1.54, 1.807) is 41.3 Å². The van der Waals surface area contributed by atoms with Crippen molar-refractivity contribution in [3.05, 3.63) is 75.6 Å². The lowest BCUT2D eigenvalue weighted by atomic mass is 10.1. The van der Waals surface area contributed by atoms with Crippen molar-refractivity contribution in [1.82, 2.24) is 15.1 Å². The van der Waals surface area contributed by atoms with Crippen LogP contribution in [0, 0.1) is 5.82 Å².